The van der Waals surface area contributed by atoms with E-state index in [9.17, 15) is 4.79 Å². The summed E-state index contributed by atoms with van der Waals surface area (Å²) >= 11 is 0. The van der Waals surface area contributed by atoms with E-state index in [0.29, 0.717) is 19.4 Å². The Labute approximate surface area is 172 Å². The van der Waals surface area contributed by atoms with Crippen LogP contribution in [0.15, 0.2) is 54.6 Å². The Morgan fingerprint density at radius 2 is 1.86 bits per heavy atom. The Morgan fingerprint density at radius 1 is 1.14 bits per heavy atom. The quantitative estimate of drug-likeness (QED) is 0.714. The summed E-state index contributed by atoms with van der Waals surface area (Å²) in [6, 6.07) is 18.3. The van der Waals surface area contributed by atoms with Crippen molar-refractivity contribution in [3.05, 3.63) is 60.4 Å². The molecule has 0 spiro atoms. The minimum atomic E-state index is 0. The number of hydrogen-bond donors (Lipinski definition) is 1. The third-order valence-corrected chi connectivity index (χ3v) is 5.61. The number of likely N-dealkylation sites (tertiary alicyclic amines) is 1. The molecular formula is C22H27ClN4O. The van der Waals surface area contributed by atoms with Gasteiger partial charge in [-0.15, -0.1) is 12.4 Å². The number of fused-ring (bicyclic) bond motifs is 1. The van der Waals surface area contributed by atoms with Gasteiger partial charge >= 0.3 is 0 Å². The van der Waals surface area contributed by atoms with E-state index in [0.717, 1.165) is 42.1 Å². The number of halogens is 1. The molecule has 6 heteroatoms. The highest BCUT2D eigenvalue weighted by atomic mass is 35.5. The zero-order chi connectivity index (χ0) is 18.9. The Morgan fingerprint density at radius 3 is 2.57 bits per heavy atom. The lowest BCUT2D eigenvalue weighted by molar-refractivity contribution is -0.130. The number of para-hydroxylation sites is 3. The second-order valence-corrected chi connectivity index (χ2v) is 7.77. The molecule has 3 aromatic rings. The highest BCUT2D eigenvalue weighted by Gasteiger charge is 2.34. The van der Waals surface area contributed by atoms with Gasteiger partial charge in [0, 0.05) is 31.6 Å². The lowest BCUT2D eigenvalue weighted by atomic mass is 9.90. The summed E-state index contributed by atoms with van der Waals surface area (Å²) in [5.41, 5.74) is 9.04. The van der Waals surface area contributed by atoms with Crippen molar-refractivity contribution in [2.75, 3.05) is 19.6 Å². The van der Waals surface area contributed by atoms with Gasteiger partial charge in [-0.2, -0.15) is 0 Å². The largest absolute Gasteiger partial charge is 0.342 e. The first-order valence-electron chi connectivity index (χ1n) is 9.59. The van der Waals surface area contributed by atoms with Crippen LogP contribution in [0.4, 0.5) is 0 Å². The average Bonchev–Trinajstić information content (AvgIpc) is 3.28. The number of carbonyl (C=O) groups excluding carboxylic acids is 1. The lowest BCUT2D eigenvalue weighted by Crippen LogP contribution is -2.34. The molecule has 0 radical (unpaired) electrons. The maximum absolute atomic E-state index is 12.7. The molecule has 1 aliphatic rings. The average molecular weight is 399 g/mol. The number of amides is 1. The number of hydrogen-bond acceptors (Lipinski definition) is 3. The van der Waals surface area contributed by atoms with Crippen LogP contribution in [-0.2, 0) is 11.2 Å². The van der Waals surface area contributed by atoms with E-state index in [-0.39, 0.29) is 23.7 Å². The highest BCUT2D eigenvalue weighted by molar-refractivity contribution is 5.85. The van der Waals surface area contributed by atoms with Crippen molar-refractivity contribution in [3.8, 4) is 5.69 Å². The molecule has 1 fully saturated rings. The topological polar surface area (TPSA) is 64.2 Å². The lowest BCUT2D eigenvalue weighted by Gasteiger charge is -2.22. The zero-order valence-corrected chi connectivity index (χ0v) is 17.0. The van der Waals surface area contributed by atoms with Gasteiger partial charge in [-0.05, 0) is 42.6 Å². The van der Waals surface area contributed by atoms with E-state index in [2.05, 4.69) is 29.7 Å². The van der Waals surface area contributed by atoms with Gasteiger partial charge in [-0.3, -0.25) is 9.36 Å². The first-order valence-corrected chi connectivity index (χ1v) is 9.59. The molecule has 5 nitrogen and oxygen atoms in total. The number of aromatic nitrogens is 2. The minimum absolute atomic E-state index is 0. The van der Waals surface area contributed by atoms with Crippen LogP contribution in [-0.4, -0.2) is 40.0 Å². The summed E-state index contributed by atoms with van der Waals surface area (Å²) in [5, 5.41) is 0. The molecule has 1 aliphatic heterocycles. The van der Waals surface area contributed by atoms with Crippen LogP contribution in [0, 0.1) is 5.41 Å². The van der Waals surface area contributed by atoms with E-state index < -0.39 is 0 Å². The van der Waals surface area contributed by atoms with Gasteiger partial charge < -0.3 is 10.6 Å². The summed E-state index contributed by atoms with van der Waals surface area (Å²) in [6.07, 6.45) is 2.08. The maximum atomic E-state index is 12.7. The SMILES string of the molecule is CC1(CN)CCN(C(=O)CCc2nc3ccccc3n2-c2ccccc2)C1.Cl. The van der Waals surface area contributed by atoms with Crippen LogP contribution in [0.1, 0.15) is 25.6 Å². The van der Waals surface area contributed by atoms with Gasteiger partial charge in [-0.25, -0.2) is 4.98 Å². The van der Waals surface area contributed by atoms with Crippen molar-refractivity contribution >= 4 is 29.3 Å². The van der Waals surface area contributed by atoms with Crippen molar-refractivity contribution in [2.45, 2.75) is 26.2 Å². The van der Waals surface area contributed by atoms with Gasteiger partial charge in [0.05, 0.1) is 11.0 Å². The monoisotopic (exact) mass is 398 g/mol. The van der Waals surface area contributed by atoms with Crippen molar-refractivity contribution < 1.29 is 4.79 Å². The molecule has 0 aliphatic carbocycles. The molecule has 1 amide bonds. The van der Waals surface area contributed by atoms with Crippen molar-refractivity contribution in [2.24, 2.45) is 11.1 Å². The van der Waals surface area contributed by atoms with Crippen LogP contribution in [0.2, 0.25) is 0 Å². The van der Waals surface area contributed by atoms with E-state index in [1.165, 1.54) is 0 Å². The number of rotatable bonds is 5. The molecule has 148 valence electrons. The number of aryl methyl sites for hydroxylation is 1. The molecule has 28 heavy (non-hydrogen) atoms. The number of nitrogens with two attached hydrogens (primary N) is 1. The summed E-state index contributed by atoms with van der Waals surface area (Å²) in [7, 11) is 0. The fourth-order valence-electron chi connectivity index (χ4n) is 3.89. The predicted octanol–water partition coefficient (Wildman–Crippen LogP) is 3.58. The molecular weight excluding hydrogens is 372 g/mol. The molecule has 1 saturated heterocycles. The molecule has 2 N–H and O–H groups in total. The van der Waals surface area contributed by atoms with E-state index >= 15 is 0 Å². The molecule has 1 aromatic heterocycles. The molecule has 4 rings (SSSR count). The smallest absolute Gasteiger partial charge is 0.223 e. The summed E-state index contributed by atoms with van der Waals surface area (Å²) < 4.78 is 2.16. The van der Waals surface area contributed by atoms with Crippen LogP contribution in [0.3, 0.4) is 0 Å². The summed E-state index contributed by atoms with van der Waals surface area (Å²) in [4.78, 5) is 19.5. The van der Waals surface area contributed by atoms with Crippen molar-refractivity contribution in [3.63, 3.8) is 0 Å². The Hall–Kier alpha value is -2.37. The number of imidazole rings is 1. The highest BCUT2D eigenvalue weighted by Crippen LogP contribution is 2.29. The van der Waals surface area contributed by atoms with Crippen LogP contribution in [0.5, 0.6) is 0 Å². The third kappa shape index (κ3) is 3.91. The van der Waals surface area contributed by atoms with Crippen LogP contribution in [0.25, 0.3) is 16.7 Å². The minimum Gasteiger partial charge on any atom is -0.342 e. The summed E-state index contributed by atoms with van der Waals surface area (Å²) in [5.74, 6) is 1.12. The van der Waals surface area contributed by atoms with Crippen molar-refractivity contribution in [1.82, 2.24) is 14.5 Å². The molecule has 2 aromatic carbocycles. The van der Waals surface area contributed by atoms with E-state index in [1.807, 2.05) is 41.3 Å². The predicted molar refractivity (Wildman–Crippen MR) is 115 cm³/mol. The van der Waals surface area contributed by atoms with Gasteiger partial charge in [0.25, 0.3) is 0 Å². The van der Waals surface area contributed by atoms with Crippen LogP contribution >= 0.6 is 12.4 Å². The third-order valence-electron chi connectivity index (χ3n) is 5.61. The van der Waals surface area contributed by atoms with E-state index in [1.54, 1.807) is 0 Å². The van der Waals surface area contributed by atoms with Gasteiger partial charge in [0.1, 0.15) is 5.82 Å². The maximum Gasteiger partial charge on any atom is 0.223 e. The molecule has 2 heterocycles. The van der Waals surface area contributed by atoms with Crippen LogP contribution < -0.4 is 5.73 Å². The second kappa shape index (κ2) is 8.33. The Balaban J connectivity index is 0.00000225. The van der Waals surface area contributed by atoms with Gasteiger partial charge in [-0.1, -0.05) is 37.3 Å². The van der Waals surface area contributed by atoms with Gasteiger partial charge in [0.2, 0.25) is 5.91 Å². The first kappa shape index (κ1) is 20.4. The standard InChI is InChI=1S/C22H26N4O.ClH/c1-22(15-23)13-14-25(16-22)21(27)12-11-20-24-18-9-5-6-10-19(18)26(20)17-7-3-2-4-8-17;/h2-10H,11-16,23H2,1H3;1H. The fraction of sp³-hybridized carbons (Fsp3) is 0.364. The molecule has 1 unspecified atom stereocenters. The molecule has 0 bridgehead atoms. The molecule has 0 saturated carbocycles. The number of carbonyl (C=O) groups is 1. The number of benzene rings is 2. The normalized spacial score (nSPS) is 19.0. The Bertz CT molecular complexity index is 956. The van der Waals surface area contributed by atoms with Crippen molar-refractivity contribution in [1.29, 1.82) is 0 Å². The van der Waals surface area contributed by atoms with Gasteiger partial charge in [0.15, 0.2) is 0 Å². The number of nitrogens with zero attached hydrogens (tertiary/aromatic N) is 3. The fourth-order valence-corrected chi connectivity index (χ4v) is 3.89. The Kier molecular flexibility index (Phi) is 6.06. The summed E-state index contributed by atoms with van der Waals surface area (Å²) in [6.45, 7) is 4.36. The van der Waals surface area contributed by atoms with E-state index in [4.69, 9.17) is 10.7 Å². The second-order valence-electron chi connectivity index (χ2n) is 7.77. The molecule has 1 atom stereocenters. The first-order chi connectivity index (χ1) is 13.1. The zero-order valence-electron chi connectivity index (χ0n) is 16.2.